The minimum absolute atomic E-state index is 0.0240. The van der Waals surface area contributed by atoms with Crippen LogP contribution in [-0.2, 0) is 14.8 Å². The van der Waals surface area contributed by atoms with E-state index in [1.807, 2.05) is 0 Å². The van der Waals surface area contributed by atoms with Gasteiger partial charge in [-0.2, -0.15) is 4.31 Å². The maximum Gasteiger partial charge on any atom is 0.305 e. The van der Waals surface area contributed by atoms with Crippen LogP contribution >= 0.6 is 22.7 Å². The zero-order valence-corrected chi connectivity index (χ0v) is 15.5. The van der Waals surface area contributed by atoms with Gasteiger partial charge in [0.05, 0.1) is 0 Å². The molecule has 0 radical (unpaired) electrons. The number of amides is 1. The van der Waals surface area contributed by atoms with E-state index >= 15 is 0 Å². The highest BCUT2D eigenvalue weighted by Crippen LogP contribution is 2.30. The molecule has 130 valence electrons. The van der Waals surface area contributed by atoms with Crippen LogP contribution < -0.4 is 9.77 Å². The quantitative estimate of drug-likeness (QED) is 0.842. The molecule has 1 atom stereocenters. The predicted octanol–water partition coefficient (Wildman–Crippen LogP) is 1.02. The summed E-state index contributed by atoms with van der Waals surface area (Å²) in [6.45, 7) is 1.80. The van der Waals surface area contributed by atoms with E-state index < -0.39 is 20.9 Å². The second-order valence-corrected chi connectivity index (χ2v) is 9.35. The number of sulfonamides is 1. The molecule has 1 aliphatic rings. The van der Waals surface area contributed by atoms with Gasteiger partial charge >= 0.3 is 4.87 Å². The van der Waals surface area contributed by atoms with E-state index in [1.54, 1.807) is 25.5 Å². The van der Waals surface area contributed by atoms with Crippen molar-refractivity contribution in [2.45, 2.75) is 30.0 Å². The van der Waals surface area contributed by atoms with Crippen molar-refractivity contribution in [1.29, 1.82) is 0 Å². The highest BCUT2D eigenvalue weighted by atomic mass is 32.2. The Labute approximate surface area is 146 Å². The molecule has 0 spiro atoms. The first-order chi connectivity index (χ1) is 11.3. The van der Waals surface area contributed by atoms with Crippen molar-refractivity contribution in [3.05, 3.63) is 26.9 Å². The van der Waals surface area contributed by atoms with Crippen molar-refractivity contribution in [3.8, 4) is 0 Å². The third-order valence-corrected chi connectivity index (χ3v) is 8.19. The summed E-state index contributed by atoms with van der Waals surface area (Å²) in [5, 5.41) is 2.27. The SMILES string of the molecule is Cc1[nH]c(=O)sc1S(=O)(=O)N1CCCC1C(=O)N(C)c1nccs1. The lowest BCUT2D eigenvalue weighted by Crippen LogP contribution is -2.46. The average molecular weight is 388 g/mol. The van der Waals surface area contributed by atoms with Gasteiger partial charge in [0.2, 0.25) is 5.91 Å². The van der Waals surface area contributed by atoms with Crippen LogP contribution in [0.25, 0.3) is 0 Å². The van der Waals surface area contributed by atoms with Crippen LogP contribution in [0.4, 0.5) is 5.13 Å². The number of hydrogen-bond acceptors (Lipinski definition) is 7. The lowest BCUT2D eigenvalue weighted by atomic mass is 10.2. The third-order valence-electron chi connectivity index (χ3n) is 3.85. The molecule has 0 aromatic carbocycles. The van der Waals surface area contributed by atoms with Gasteiger partial charge in [-0.25, -0.2) is 13.4 Å². The fourth-order valence-electron chi connectivity index (χ4n) is 2.72. The van der Waals surface area contributed by atoms with Gasteiger partial charge < -0.3 is 4.98 Å². The zero-order valence-electron chi connectivity index (χ0n) is 13.1. The number of rotatable bonds is 4. The third kappa shape index (κ3) is 2.92. The molecule has 1 unspecified atom stereocenters. The van der Waals surface area contributed by atoms with Crippen LogP contribution in [0.15, 0.2) is 20.6 Å². The smallest absolute Gasteiger partial charge is 0.305 e. The Morgan fingerprint density at radius 2 is 2.25 bits per heavy atom. The number of anilines is 1. The van der Waals surface area contributed by atoms with E-state index in [0.717, 1.165) is 0 Å². The van der Waals surface area contributed by atoms with Crippen LogP contribution in [0.1, 0.15) is 18.5 Å². The number of thiazole rings is 2. The van der Waals surface area contributed by atoms with Gasteiger partial charge in [-0.05, 0) is 19.8 Å². The summed E-state index contributed by atoms with van der Waals surface area (Å²) in [5.74, 6) is -0.313. The van der Waals surface area contributed by atoms with Crippen molar-refractivity contribution in [2.75, 3.05) is 18.5 Å². The lowest BCUT2D eigenvalue weighted by molar-refractivity contribution is -0.121. The molecule has 1 amide bonds. The van der Waals surface area contributed by atoms with Crippen LogP contribution in [-0.4, -0.2) is 48.2 Å². The standard InChI is InChI=1S/C13H16N4O4S3/c1-8-11(23-13(19)15-8)24(20,21)17-6-3-4-9(17)10(18)16(2)12-14-5-7-22-12/h5,7,9H,3-4,6H2,1-2H3,(H,15,19). The maximum absolute atomic E-state index is 12.9. The largest absolute Gasteiger partial charge is 0.315 e. The highest BCUT2D eigenvalue weighted by molar-refractivity contribution is 7.91. The molecule has 3 heterocycles. The number of hydrogen-bond donors (Lipinski definition) is 1. The predicted molar refractivity (Wildman–Crippen MR) is 92.1 cm³/mol. The molecule has 8 nitrogen and oxygen atoms in total. The van der Waals surface area contributed by atoms with E-state index in [2.05, 4.69) is 9.97 Å². The Balaban J connectivity index is 1.92. The van der Waals surface area contributed by atoms with Gasteiger partial charge in [-0.1, -0.05) is 11.3 Å². The number of nitrogens with one attached hydrogen (secondary N) is 1. The molecule has 2 aromatic heterocycles. The Morgan fingerprint density at radius 1 is 1.50 bits per heavy atom. The maximum atomic E-state index is 12.9. The molecule has 24 heavy (non-hydrogen) atoms. The lowest BCUT2D eigenvalue weighted by Gasteiger charge is -2.26. The zero-order chi connectivity index (χ0) is 17.5. The summed E-state index contributed by atoms with van der Waals surface area (Å²) in [5.41, 5.74) is 0.302. The number of aromatic nitrogens is 2. The van der Waals surface area contributed by atoms with Gasteiger partial charge in [-0.15, -0.1) is 11.3 Å². The van der Waals surface area contributed by atoms with E-state index in [1.165, 1.54) is 20.5 Å². The Bertz CT molecular complexity index is 900. The summed E-state index contributed by atoms with van der Waals surface area (Å²) >= 11 is 1.96. The van der Waals surface area contributed by atoms with Gasteiger partial charge in [-0.3, -0.25) is 14.5 Å². The van der Waals surface area contributed by atoms with Crippen molar-refractivity contribution < 1.29 is 13.2 Å². The van der Waals surface area contributed by atoms with Gasteiger partial charge in [0.15, 0.2) is 9.34 Å². The first kappa shape index (κ1) is 17.3. The molecule has 1 fully saturated rings. The summed E-state index contributed by atoms with van der Waals surface area (Å²) < 4.78 is 26.9. The minimum Gasteiger partial charge on any atom is -0.315 e. The number of likely N-dealkylation sites (N-methyl/N-ethyl adjacent to an activating group) is 1. The van der Waals surface area contributed by atoms with Crippen LogP contribution in [0.3, 0.4) is 0 Å². The number of carbonyl (C=O) groups excluding carboxylic acids is 1. The summed E-state index contributed by atoms with van der Waals surface area (Å²) in [4.78, 5) is 31.7. The number of carbonyl (C=O) groups is 1. The Hall–Kier alpha value is -1.56. The highest BCUT2D eigenvalue weighted by Gasteiger charge is 2.42. The van der Waals surface area contributed by atoms with Crippen molar-refractivity contribution in [1.82, 2.24) is 14.3 Å². The molecule has 2 aromatic rings. The van der Waals surface area contributed by atoms with Crippen molar-refractivity contribution in [3.63, 3.8) is 0 Å². The molecule has 1 saturated heterocycles. The molecule has 0 saturated carbocycles. The minimum atomic E-state index is -3.89. The number of nitrogens with zero attached hydrogens (tertiary/aromatic N) is 3. The average Bonchev–Trinajstić information content (AvgIpc) is 3.26. The van der Waals surface area contributed by atoms with Crippen LogP contribution in [0.2, 0.25) is 0 Å². The normalized spacial score (nSPS) is 18.8. The van der Waals surface area contributed by atoms with E-state index in [4.69, 9.17) is 0 Å². The van der Waals surface area contributed by atoms with E-state index in [0.29, 0.717) is 35.0 Å². The first-order valence-electron chi connectivity index (χ1n) is 7.21. The molecular formula is C13H16N4O4S3. The molecule has 0 bridgehead atoms. The van der Waals surface area contributed by atoms with Gasteiger partial charge in [0.25, 0.3) is 10.0 Å². The first-order valence-corrected chi connectivity index (χ1v) is 10.3. The number of aryl methyl sites for hydroxylation is 1. The molecule has 0 aliphatic carbocycles. The molecule has 3 rings (SSSR count). The molecular weight excluding hydrogens is 372 g/mol. The van der Waals surface area contributed by atoms with Crippen molar-refractivity contribution >= 4 is 43.7 Å². The molecule has 1 N–H and O–H groups in total. The van der Waals surface area contributed by atoms with Crippen LogP contribution in [0, 0.1) is 6.92 Å². The van der Waals surface area contributed by atoms with E-state index in [9.17, 15) is 18.0 Å². The number of aromatic amines is 1. The summed E-state index contributed by atoms with van der Waals surface area (Å²) in [7, 11) is -2.30. The fourth-order valence-corrected chi connectivity index (χ4v) is 6.39. The number of H-pyrrole nitrogens is 1. The van der Waals surface area contributed by atoms with Gasteiger partial charge in [0, 0.05) is 30.9 Å². The van der Waals surface area contributed by atoms with Crippen molar-refractivity contribution in [2.24, 2.45) is 0 Å². The summed E-state index contributed by atoms with van der Waals surface area (Å²) in [6.07, 6.45) is 2.64. The fraction of sp³-hybridized carbons (Fsp3) is 0.462. The monoisotopic (exact) mass is 388 g/mol. The second-order valence-electron chi connectivity index (χ2n) is 5.41. The summed E-state index contributed by atoms with van der Waals surface area (Å²) in [6, 6.07) is -0.777. The Kier molecular flexibility index (Phi) is 4.60. The topological polar surface area (TPSA) is 103 Å². The second kappa shape index (κ2) is 6.39. The van der Waals surface area contributed by atoms with Gasteiger partial charge in [0.1, 0.15) is 6.04 Å². The molecule has 11 heteroatoms. The van der Waals surface area contributed by atoms with Crippen LogP contribution in [0.5, 0.6) is 0 Å². The molecule has 1 aliphatic heterocycles. The Morgan fingerprint density at radius 3 is 2.83 bits per heavy atom. The van der Waals surface area contributed by atoms with E-state index in [-0.39, 0.29) is 16.7 Å².